The summed E-state index contributed by atoms with van der Waals surface area (Å²) in [7, 11) is 1.08. The summed E-state index contributed by atoms with van der Waals surface area (Å²) < 4.78 is 50.5. The van der Waals surface area contributed by atoms with Gasteiger partial charge in [-0.05, 0) is 13.0 Å². The zero-order chi connectivity index (χ0) is 18.0. The van der Waals surface area contributed by atoms with Gasteiger partial charge >= 0.3 is 5.97 Å². The van der Waals surface area contributed by atoms with E-state index in [0.29, 0.717) is 6.07 Å². The topological polar surface area (TPSA) is 76.7 Å². The van der Waals surface area contributed by atoms with E-state index in [1.54, 1.807) is 0 Å². The molecule has 0 aliphatic carbocycles. The van der Waals surface area contributed by atoms with Gasteiger partial charge in [-0.1, -0.05) is 6.07 Å². The fourth-order valence-corrected chi connectivity index (χ4v) is 2.27. The van der Waals surface area contributed by atoms with Crippen molar-refractivity contribution in [1.82, 2.24) is 0 Å². The lowest BCUT2D eigenvalue weighted by atomic mass is 9.91. The third kappa shape index (κ3) is 3.27. The second-order valence-electron chi connectivity index (χ2n) is 5.03. The van der Waals surface area contributed by atoms with Crippen molar-refractivity contribution in [3.05, 3.63) is 63.0 Å². The standard InChI is InChI=1S/C16H13F3O5/c1-7-5-11(20)15(22)16(24-7)9(6-12(21)23-2)8-3-4-10(17)14(19)13(8)18/h3-5,9,22H,6H2,1-2H3/t9-/m1/s1. The van der Waals surface area contributed by atoms with Crippen LogP contribution in [0.4, 0.5) is 13.2 Å². The van der Waals surface area contributed by atoms with Crippen molar-refractivity contribution >= 4 is 5.97 Å². The molecule has 0 saturated heterocycles. The van der Waals surface area contributed by atoms with E-state index in [0.717, 1.165) is 19.2 Å². The fourth-order valence-electron chi connectivity index (χ4n) is 2.27. The molecule has 0 aliphatic rings. The molecule has 8 heteroatoms. The number of carbonyl (C=O) groups is 1. The number of methoxy groups -OCH3 is 1. The fraction of sp³-hybridized carbons (Fsp3) is 0.250. The zero-order valence-electron chi connectivity index (χ0n) is 12.7. The monoisotopic (exact) mass is 342 g/mol. The van der Waals surface area contributed by atoms with Crippen molar-refractivity contribution in [2.24, 2.45) is 0 Å². The first-order chi connectivity index (χ1) is 11.3. The van der Waals surface area contributed by atoms with Crippen LogP contribution in [0.1, 0.15) is 29.4 Å². The number of esters is 1. The van der Waals surface area contributed by atoms with Crippen LogP contribution in [-0.4, -0.2) is 18.2 Å². The van der Waals surface area contributed by atoms with E-state index in [1.807, 2.05) is 0 Å². The van der Waals surface area contributed by atoms with Gasteiger partial charge in [0, 0.05) is 11.6 Å². The van der Waals surface area contributed by atoms with Gasteiger partial charge in [0.25, 0.3) is 0 Å². The molecule has 0 saturated carbocycles. The van der Waals surface area contributed by atoms with E-state index in [1.165, 1.54) is 6.92 Å². The number of ether oxygens (including phenoxy) is 1. The minimum absolute atomic E-state index is 0.0886. The molecule has 1 heterocycles. The van der Waals surface area contributed by atoms with Crippen LogP contribution in [0.25, 0.3) is 0 Å². The number of benzene rings is 1. The minimum atomic E-state index is -1.74. The molecule has 1 aromatic heterocycles. The number of rotatable bonds is 4. The number of hydrogen-bond acceptors (Lipinski definition) is 5. The van der Waals surface area contributed by atoms with Crippen molar-refractivity contribution in [1.29, 1.82) is 0 Å². The molecule has 1 N–H and O–H groups in total. The summed E-state index contributed by atoms with van der Waals surface area (Å²) in [5, 5.41) is 9.91. The largest absolute Gasteiger partial charge is 0.502 e. The van der Waals surface area contributed by atoms with Crippen LogP contribution in [0.3, 0.4) is 0 Å². The highest BCUT2D eigenvalue weighted by Gasteiger charge is 2.30. The van der Waals surface area contributed by atoms with Gasteiger partial charge in [0.1, 0.15) is 5.76 Å². The Morgan fingerprint density at radius 3 is 2.58 bits per heavy atom. The van der Waals surface area contributed by atoms with Gasteiger partial charge in [-0.25, -0.2) is 13.2 Å². The molecule has 0 bridgehead atoms. The molecule has 0 unspecified atom stereocenters. The molecule has 0 fully saturated rings. The van der Waals surface area contributed by atoms with Gasteiger partial charge in [0.05, 0.1) is 19.4 Å². The normalized spacial score (nSPS) is 12.0. The first-order valence-corrected chi connectivity index (χ1v) is 6.80. The van der Waals surface area contributed by atoms with Crippen molar-refractivity contribution in [3.63, 3.8) is 0 Å². The van der Waals surface area contributed by atoms with Crippen LogP contribution in [0, 0.1) is 24.4 Å². The number of halogens is 3. The number of carbonyl (C=O) groups excluding carboxylic acids is 1. The van der Waals surface area contributed by atoms with Crippen LogP contribution in [0.5, 0.6) is 5.75 Å². The first kappa shape index (κ1) is 17.6. The smallest absolute Gasteiger partial charge is 0.306 e. The van der Waals surface area contributed by atoms with Crippen LogP contribution in [0.15, 0.2) is 27.4 Å². The molecular weight excluding hydrogens is 329 g/mol. The summed E-state index contributed by atoms with van der Waals surface area (Å²) in [5.74, 6) is -8.10. The Kier molecular flexibility index (Phi) is 4.96. The number of aromatic hydroxyl groups is 1. The SMILES string of the molecule is COC(=O)C[C@H](c1ccc(F)c(F)c1F)c1oc(C)cc(=O)c1O. The lowest BCUT2D eigenvalue weighted by Gasteiger charge is -2.18. The van der Waals surface area contributed by atoms with Crippen LogP contribution in [-0.2, 0) is 9.53 Å². The maximum absolute atomic E-state index is 14.1. The van der Waals surface area contributed by atoms with E-state index in [-0.39, 0.29) is 5.76 Å². The Morgan fingerprint density at radius 1 is 1.29 bits per heavy atom. The zero-order valence-corrected chi connectivity index (χ0v) is 12.7. The predicted octanol–water partition coefficient (Wildman–Crippen LogP) is 2.77. The average molecular weight is 342 g/mol. The maximum atomic E-state index is 14.1. The van der Waals surface area contributed by atoms with Crippen molar-refractivity contribution < 1.29 is 32.2 Å². The third-order valence-corrected chi connectivity index (χ3v) is 3.43. The van der Waals surface area contributed by atoms with Crippen molar-refractivity contribution in [2.45, 2.75) is 19.3 Å². The van der Waals surface area contributed by atoms with E-state index in [9.17, 15) is 27.9 Å². The molecule has 0 aliphatic heterocycles. The van der Waals surface area contributed by atoms with Gasteiger partial charge < -0.3 is 14.3 Å². The van der Waals surface area contributed by atoms with E-state index < -0.39 is 58.3 Å². The third-order valence-electron chi connectivity index (χ3n) is 3.43. The summed E-state index contributed by atoms with van der Waals surface area (Å²) in [6.45, 7) is 1.40. The van der Waals surface area contributed by atoms with Gasteiger partial charge in [-0.15, -0.1) is 0 Å². The van der Waals surface area contributed by atoms with Crippen molar-refractivity contribution in [3.8, 4) is 5.75 Å². The summed E-state index contributed by atoms with van der Waals surface area (Å²) in [4.78, 5) is 23.3. The highest BCUT2D eigenvalue weighted by atomic mass is 19.2. The van der Waals surface area contributed by atoms with Crippen LogP contribution < -0.4 is 5.43 Å². The molecule has 24 heavy (non-hydrogen) atoms. The molecule has 5 nitrogen and oxygen atoms in total. The molecule has 0 radical (unpaired) electrons. The molecule has 0 spiro atoms. The van der Waals surface area contributed by atoms with Gasteiger partial charge in [-0.2, -0.15) is 0 Å². The Morgan fingerprint density at radius 2 is 1.96 bits per heavy atom. The van der Waals surface area contributed by atoms with Gasteiger partial charge in [0.15, 0.2) is 23.2 Å². The van der Waals surface area contributed by atoms with E-state index >= 15 is 0 Å². The Hall–Kier alpha value is -2.77. The highest BCUT2D eigenvalue weighted by Crippen LogP contribution is 2.35. The van der Waals surface area contributed by atoms with Crippen LogP contribution >= 0.6 is 0 Å². The predicted molar refractivity (Wildman–Crippen MR) is 76.2 cm³/mol. The molecular formula is C16H13F3O5. The first-order valence-electron chi connectivity index (χ1n) is 6.80. The lowest BCUT2D eigenvalue weighted by Crippen LogP contribution is -2.15. The summed E-state index contributed by atoms with van der Waals surface area (Å²) in [5.41, 5.74) is -1.27. The Labute approximate surface area is 134 Å². The van der Waals surface area contributed by atoms with Crippen LogP contribution in [0.2, 0.25) is 0 Å². The molecule has 0 amide bonds. The number of aryl methyl sites for hydroxylation is 1. The Balaban J connectivity index is 2.69. The molecule has 1 aromatic carbocycles. The highest BCUT2D eigenvalue weighted by molar-refractivity contribution is 5.71. The molecule has 128 valence electrons. The summed E-state index contributed by atoms with van der Waals surface area (Å²) >= 11 is 0. The lowest BCUT2D eigenvalue weighted by molar-refractivity contribution is -0.140. The second kappa shape index (κ2) is 6.77. The summed E-state index contributed by atoms with van der Waals surface area (Å²) in [6.07, 6.45) is -0.557. The molecule has 2 rings (SSSR count). The van der Waals surface area contributed by atoms with Gasteiger partial charge in [-0.3, -0.25) is 9.59 Å². The quantitative estimate of drug-likeness (QED) is 0.683. The van der Waals surface area contributed by atoms with Gasteiger partial charge in [0.2, 0.25) is 11.2 Å². The molecule has 2 aromatic rings. The Bertz CT molecular complexity index is 844. The molecule has 1 atom stereocenters. The number of hydrogen-bond donors (Lipinski definition) is 1. The summed E-state index contributed by atoms with van der Waals surface area (Å²) in [6, 6.07) is 2.57. The maximum Gasteiger partial charge on any atom is 0.306 e. The second-order valence-corrected chi connectivity index (χ2v) is 5.03. The average Bonchev–Trinajstić information content (AvgIpc) is 2.54. The minimum Gasteiger partial charge on any atom is -0.502 e. The van der Waals surface area contributed by atoms with E-state index in [2.05, 4.69) is 4.74 Å². The van der Waals surface area contributed by atoms with E-state index in [4.69, 9.17) is 4.42 Å². The van der Waals surface area contributed by atoms with Crippen molar-refractivity contribution in [2.75, 3.05) is 7.11 Å².